The first kappa shape index (κ1) is 48.4. The summed E-state index contributed by atoms with van der Waals surface area (Å²) in [4.78, 5) is 20.7. The van der Waals surface area contributed by atoms with Gasteiger partial charge in [-0.15, -0.1) is 0 Å². The van der Waals surface area contributed by atoms with E-state index < -0.39 is 11.9 Å². The van der Waals surface area contributed by atoms with Crippen LogP contribution in [0.4, 0.5) is 0 Å². The van der Waals surface area contributed by atoms with Crippen molar-refractivity contribution in [1.82, 2.24) is 0 Å². The highest BCUT2D eigenvalue weighted by Crippen LogP contribution is 2.15. The molecule has 0 rings (SSSR count). The standard InChI is InChI=1S/C22H44O2.C18H32O2.Al.3H/c1-2-3-4-5-6-7-8-9-10-11-12-13-14-15-16-17-18-19-20-21-22(23)24;1-2-3-4-5-6-7-8-9-10-11-12-13-14-15-16-17-18(19)20;;;;/h2-21H2,1H3,(H,23,24);6-7,9-10H,2-5,8,11-17H2,1H3,(H,19,20);;;;/b;7-6-,10-9-;;;;. The van der Waals surface area contributed by atoms with E-state index in [0.29, 0.717) is 12.8 Å². The first-order valence-electron chi connectivity index (χ1n) is 19.3. The topological polar surface area (TPSA) is 74.6 Å². The predicted molar refractivity (Wildman–Crippen MR) is 203 cm³/mol. The first-order chi connectivity index (χ1) is 21.5. The fourth-order valence-corrected chi connectivity index (χ4v) is 5.44. The molecule has 0 radical (unpaired) electrons. The molecule has 0 aromatic heterocycles. The second-order valence-corrected chi connectivity index (χ2v) is 12.9. The highest BCUT2D eigenvalue weighted by Gasteiger charge is 1.98. The maximum atomic E-state index is 10.4. The Bertz CT molecular complexity index is 632. The van der Waals surface area contributed by atoms with Gasteiger partial charge in [-0.1, -0.05) is 186 Å². The molecule has 0 fully saturated rings. The predicted octanol–water partition coefficient (Wildman–Crippen LogP) is 12.6. The summed E-state index contributed by atoms with van der Waals surface area (Å²) in [6.45, 7) is 4.52. The Kier molecular flexibility index (Phi) is 48.4. The van der Waals surface area contributed by atoms with E-state index in [1.54, 1.807) is 0 Å². The van der Waals surface area contributed by atoms with Gasteiger partial charge < -0.3 is 10.2 Å². The first-order valence-corrected chi connectivity index (χ1v) is 19.3. The van der Waals surface area contributed by atoms with Crippen LogP contribution < -0.4 is 0 Å². The summed E-state index contributed by atoms with van der Waals surface area (Å²) in [5.74, 6) is -1.32. The molecule has 0 aliphatic carbocycles. The lowest BCUT2D eigenvalue weighted by atomic mass is 10.0. The van der Waals surface area contributed by atoms with Gasteiger partial charge in [0.2, 0.25) is 0 Å². The highest BCUT2D eigenvalue weighted by molar-refractivity contribution is 5.75. The van der Waals surface area contributed by atoms with E-state index in [9.17, 15) is 9.59 Å². The van der Waals surface area contributed by atoms with Crippen LogP contribution in [0.1, 0.15) is 219 Å². The van der Waals surface area contributed by atoms with Crippen LogP contribution in [-0.2, 0) is 9.59 Å². The molecule has 45 heavy (non-hydrogen) atoms. The Morgan fingerprint density at radius 2 is 0.622 bits per heavy atom. The molecule has 0 amide bonds. The van der Waals surface area contributed by atoms with Crippen molar-refractivity contribution in [2.75, 3.05) is 0 Å². The molecule has 0 bridgehead atoms. The third-order valence-corrected chi connectivity index (χ3v) is 8.34. The molecule has 0 unspecified atom stereocenters. The molecule has 5 heteroatoms. The third kappa shape index (κ3) is 52.8. The van der Waals surface area contributed by atoms with Crippen LogP contribution in [0.3, 0.4) is 0 Å². The van der Waals surface area contributed by atoms with E-state index in [0.717, 1.165) is 38.5 Å². The summed E-state index contributed by atoms with van der Waals surface area (Å²) < 4.78 is 0. The number of allylic oxidation sites excluding steroid dienone is 4. The Morgan fingerprint density at radius 1 is 0.378 bits per heavy atom. The van der Waals surface area contributed by atoms with Crippen LogP contribution in [-0.4, -0.2) is 39.5 Å². The van der Waals surface area contributed by atoms with Gasteiger partial charge >= 0.3 is 11.9 Å². The third-order valence-electron chi connectivity index (χ3n) is 8.34. The molecular weight excluding hydrogens is 571 g/mol. The molecule has 0 aromatic carbocycles. The second kappa shape index (κ2) is 45.1. The quantitative estimate of drug-likeness (QED) is 0.0413. The molecule has 0 aliphatic rings. The maximum absolute atomic E-state index is 10.4. The molecule has 2 N–H and O–H groups in total. The van der Waals surface area contributed by atoms with Crippen LogP contribution in [0.25, 0.3) is 0 Å². The van der Waals surface area contributed by atoms with E-state index in [1.807, 2.05) is 0 Å². The van der Waals surface area contributed by atoms with Crippen LogP contribution in [0.5, 0.6) is 0 Å². The van der Waals surface area contributed by atoms with Crippen molar-refractivity contribution in [2.24, 2.45) is 0 Å². The Hall–Kier alpha value is -1.05. The molecule has 266 valence electrons. The van der Waals surface area contributed by atoms with Crippen LogP contribution in [0.2, 0.25) is 0 Å². The van der Waals surface area contributed by atoms with Crippen molar-refractivity contribution in [2.45, 2.75) is 219 Å². The van der Waals surface area contributed by atoms with Gasteiger partial charge in [0.15, 0.2) is 17.4 Å². The summed E-state index contributed by atoms with van der Waals surface area (Å²) in [7, 11) is 0. The van der Waals surface area contributed by atoms with Crippen molar-refractivity contribution < 1.29 is 19.8 Å². The zero-order chi connectivity index (χ0) is 32.6. The van der Waals surface area contributed by atoms with Crippen molar-refractivity contribution in [1.29, 1.82) is 0 Å². The van der Waals surface area contributed by atoms with Crippen molar-refractivity contribution in [3.05, 3.63) is 24.3 Å². The minimum absolute atomic E-state index is 0. The van der Waals surface area contributed by atoms with Crippen LogP contribution >= 0.6 is 0 Å². The average Bonchev–Trinajstić information content (AvgIpc) is 3.00. The number of carboxylic acid groups (broad SMARTS) is 2. The number of carboxylic acids is 2. The van der Waals surface area contributed by atoms with E-state index in [2.05, 4.69) is 38.2 Å². The number of aliphatic carboxylic acids is 2. The van der Waals surface area contributed by atoms with E-state index in [1.165, 1.54) is 154 Å². The lowest BCUT2D eigenvalue weighted by Gasteiger charge is -2.03. The Balaban J connectivity index is -0.000000779. The zero-order valence-electron chi connectivity index (χ0n) is 29.6. The van der Waals surface area contributed by atoms with Crippen LogP contribution in [0.15, 0.2) is 24.3 Å². The SMILES string of the molecule is CCCCC/C=C\C/C=C\CCCCCCCC(=O)O.CCCCCCCCCCCCCCCCCCCCCC(=O)O.[AlH3]. The second-order valence-electron chi connectivity index (χ2n) is 12.9. The molecule has 0 spiro atoms. The fraction of sp³-hybridized carbons (Fsp3) is 0.850. The molecule has 0 atom stereocenters. The Labute approximate surface area is 291 Å². The summed E-state index contributed by atoms with van der Waals surface area (Å²) in [6.07, 6.45) is 48.4. The number of carbonyl (C=O) groups is 2. The van der Waals surface area contributed by atoms with Gasteiger partial charge in [-0.2, -0.15) is 0 Å². The fourth-order valence-electron chi connectivity index (χ4n) is 5.44. The smallest absolute Gasteiger partial charge is 0.303 e. The number of hydrogen-bond acceptors (Lipinski definition) is 2. The minimum Gasteiger partial charge on any atom is -0.481 e. The van der Waals surface area contributed by atoms with Gasteiger partial charge in [-0.3, -0.25) is 9.59 Å². The van der Waals surface area contributed by atoms with Gasteiger partial charge in [0.1, 0.15) is 0 Å². The van der Waals surface area contributed by atoms with Crippen molar-refractivity contribution in [3.63, 3.8) is 0 Å². The van der Waals surface area contributed by atoms with Gasteiger partial charge in [0.25, 0.3) is 0 Å². The molecule has 0 aromatic rings. The highest BCUT2D eigenvalue weighted by atomic mass is 27.0. The average molecular weight is 651 g/mol. The monoisotopic (exact) mass is 651 g/mol. The number of unbranched alkanes of at least 4 members (excludes halogenated alkanes) is 26. The summed E-state index contributed by atoms with van der Waals surface area (Å²) in [6, 6.07) is 0. The number of rotatable bonds is 34. The molecule has 0 aliphatic heterocycles. The van der Waals surface area contributed by atoms with E-state index in [-0.39, 0.29) is 17.4 Å². The summed E-state index contributed by atoms with van der Waals surface area (Å²) in [5, 5.41) is 17.1. The van der Waals surface area contributed by atoms with Gasteiger partial charge in [-0.05, 0) is 44.9 Å². The van der Waals surface area contributed by atoms with Crippen molar-refractivity contribution >= 4 is 29.3 Å². The Morgan fingerprint density at radius 3 is 0.933 bits per heavy atom. The number of hydrogen-bond donors (Lipinski definition) is 2. The van der Waals surface area contributed by atoms with E-state index in [4.69, 9.17) is 10.2 Å². The van der Waals surface area contributed by atoms with Gasteiger partial charge in [-0.25, -0.2) is 0 Å². The lowest BCUT2D eigenvalue weighted by molar-refractivity contribution is -0.138. The largest absolute Gasteiger partial charge is 0.481 e. The van der Waals surface area contributed by atoms with Crippen molar-refractivity contribution in [3.8, 4) is 0 Å². The minimum atomic E-state index is -0.671. The molecule has 4 nitrogen and oxygen atoms in total. The lowest BCUT2D eigenvalue weighted by Crippen LogP contribution is -1.93. The van der Waals surface area contributed by atoms with Crippen LogP contribution in [0, 0.1) is 0 Å². The zero-order valence-corrected chi connectivity index (χ0v) is 29.6. The normalized spacial score (nSPS) is 11.1. The maximum Gasteiger partial charge on any atom is 0.303 e. The summed E-state index contributed by atoms with van der Waals surface area (Å²) >= 11 is 0. The summed E-state index contributed by atoms with van der Waals surface area (Å²) in [5.41, 5.74) is 0. The van der Waals surface area contributed by atoms with E-state index >= 15 is 0 Å². The molecule has 0 saturated heterocycles. The molecule has 0 heterocycles. The van der Waals surface area contributed by atoms with Gasteiger partial charge in [0, 0.05) is 12.8 Å². The van der Waals surface area contributed by atoms with Gasteiger partial charge in [0.05, 0.1) is 0 Å². The molecular formula is C40H79AlO4. The molecule has 0 saturated carbocycles.